The average Bonchev–Trinajstić information content (AvgIpc) is 3.17. The number of nitrogens with one attached hydrogen (secondary N) is 1. The molecule has 1 aliphatic rings. The van der Waals surface area contributed by atoms with Gasteiger partial charge in [-0.25, -0.2) is 4.79 Å². The van der Waals surface area contributed by atoms with E-state index in [1.807, 2.05) is 0 Å². The normalized spacial score (nSPS) is 14.5. The van der Waals surface area contributed by atoms with E-state index in [0.29, 0.717) is 29.8 Å². The third-order valence-electron chi connectivity index (χ3n) is 3.06. The van der Waals surface area contributed by atoms with E-state index >= 15 is 0 Å². The molecule has 21 heavy (non-hydrogen) atoms. The number of thioether (sulfide) groups is 1. The number of urea groups is 1. The molecule has 110 valence electrons. The van der Waals surface area contributed by atoms with Crippen LogP contribution in [0.3, 0.4) is 0 Å². The van der Waals surface area contributed by atoms with Gasteiger partial charge in [-0.3, -0.25) is 9.69 Å². The maximum Gasteiger partial charge on any atom is 0.324 e. The molecule has 0 spiro atoms. The lowest BCUT2D eigenvalue weighted by molar-refractivity contribution is -0.124. The zero-order valence-electron chi connectivity index (χ0n) is 11.3. The van der Waals surface area contributed by atoms with Crippen molar-refractivity contribution in [2.24, 2.45) is 7.05 Å². The van der Waals surface area contributed by atoms with Crippen molar-refractivity contribution in [3.8, 4) is 11.6 Å². The molecule has 0 atom stereocenters. The molecule has 0 saturated carbocycles. The van der Waals surface area contributed by atoms with Crippen LogP contribution < -0.4 is 5.32 Å². The molecule has 0 unspecified atom stereocenters. The molecule has 1 aliphatic heterocycles. The van der Waals surface area contributed by atoms with Crippen LogP contribution in [-0.4, -0.2) is 50.4 Å². The summed E-state index contributed by atoms with van der Waals surface area (Å²) in [7, 11) is 1.80. The Kier molecular flexibility index (Phi) is 3.65. The molecule has 1 fully saturated rings. The topological polar surface area (TPSA) is 93.3 Å². The van der Waals surface area contributed by atoms with Crippen LogP contribution in [0.1, 0.15) is 0 Å². The molecule has 8 nitrogen and oxygen atoms in total. The van der Waals surface area contributed by atoms with Crippen LogP contribution in [0.25, 0.3) is 11.6 Å². The lowest BCUT2D eigenvalue weighted by Crippen LogP contribution is -2.35. The van der Waals surface area contributed by atoms with Gasteiger partial charge in [0.1, 0.15) is 0 Å². The lowest BCUT2D eigenvalue weighted by Gasteiger charge is -2.11. The number of imide groups is 1. The molecule has 0 bridgehead atoms. The van der Waals surface area contributed by atoms with Crippen molar-refractivity contribution in [1.29, 1.82) is 0 Å². The van der Waals surface area contributed by atoms with Crippen LogP contribution in [0.4, 0.5) is 4.79 Å². The Hall–Kier alpha value is -2.29. The first-order valence-electron chi connectivity index (χ1n) is 6.31. The molecular weight excluding hydrogens is 294 g/mol. The Balaban J connectivity index is 1.66. The molecule has 2 aromatic heterocycles. The van der Waals surface area contributed by atoms with Crippen molar-refractivity contribution in [2.75, 3.05) is 18.8 Å². The van der Waals surface area contributed by atoms with Crippen molar-refractivity contribution >= 4 is 23.7 Å². The fourth-order valence-electron chi connectivity index (χ4n) is 1.97. The van der Waals surface area contributed by atoms with Crippen molar-refractivity contribution in [1.82, 2.24) is 25.0 Å². The predicted octanol–water partition coefficient (Wildman–Crippen LogP) is 0.719. The van der Waals surface area contributed by atoms with E-state index in [4.69, 9.17) is 4.42 Å². The summed E-state index contributed by atoms with van der Waals surface area (Å²) in [5.74, 6) is 1.10. The standard InChI is InChI=1S/C12H13N5O3S/c1-16-10(8-3-2-6-20-8)14-15-12(16)21-7-9(18)17-5-4-13-11(17)19/h2-3,6H,4-5,7H2,1H3,(H,13,19). The largest absolute Gasteiger partial charge is 0.461 e. The number of carbonyl (C=O) groups is 2. The van der Waals surface area contributed by atoms with E-state index in [9.17, 15) is 9.59 Å². The van der Waals surface area contributed by atoms with Crippen LogP contribution in [0, 0.1) is 0 Å². The second-order valence-corrected chi connectivity index (χ2v) is 5.35. The summed E-state index contributed by atoms with van der Waals surface area (Å²) < 4.78 is 7.02. The SMILES string of the molecule is Cn1c(SCC(=O)N2CCNC2=O)nnc1-c1ccco1. The van der Waals surface area contributed by atoms with Crippen molar-refractivity contribution in [3.63, 3.8) is 0 Å². The summed E-state index contributed by atoms with van der Waals surface area (Å²) >= 11 is 1.24. The molecule has 2 aromatic rings. The number of hydrogen-bond donors (Lipinski definition) is 1. The van der Waals surface area contributed by atoms with Crippen LogP contribution in [0.15, 0.2) is 28.0 Å². The first kappa shape index (κ1) is 13.7. The van der Waals surface area contributed by atoms with E-state index in [0.717, 1.165) is 0 Å². The Labute approximate surface area is 124 Å². The zero-order valence-corrected chi connectivity index (χ0v) is 12.1. The Bertz CT molecular complexity index is 666. The highest BCUT2D eigenvalue weighted by molar-refractivity contribution is 7.99. The van der Waals surface area contributed by atoms with E-state index in [1.54, 1.807) is 30.0 Å². The second-order valence-electron chi connectivity index (χ2n) is 4.41. The lowest BCUT2D eigenvalue weighted by atomic mass is 10.4. The van der Waals surface area contributed by atoms with E-state index in [1.165, 1.54) is 16.7 Å². The van der Waals surface area contributed by atoms with Crippen molar-refractivity contribution in [3.05, 3.63) is 18.4 Å². The third-order valence-corrected chi connectivity index (χ3v) is 4.06. The quantitative estimate of drug-likeness (QED) is 0.837. The molecule has 1 saturated heterocycles. The monoisotopic (exact) mass is 307 g/mol. The second kappa shape index (κ2) is 5.60. The summed E-state index contributed by atoms with van der Waals surface area (Å²) in [6.45, 7) is 0.913. The van der Waals surface area contributed by atoms with Crippen LogP contribution in [-0.2, 0) is 11.8 Å². The highest BCUT2D eigenvalue weighted by Gasteiger charge is 2.26. The van der Waals surface area contributed by atoms with Gasteiger partial charge in [-0.2, -0.15) is 0 Å². The molecule has 3 rings (SSSR count). The summed E-state index contributed by atoms with van der Waals surface area (Å²) in [6.07, 6.45) is 1.56. The minimum atomic E-state index is -0.338. The van der Waals surface area contributed by atoms with Crippen LogP contribution in [0.5, 0.6) is 0 Å². The molecule has 1 N–H and O–H groups in total. The number of nitrogens with zero attached hydrogens (tertiary/aromatic N) is 4. The highest BCUT2D eigenvalue weighted by atomic mass is 32.2. The summed E-state index contributed by atoms with van der Waals surface area (Å²) in [5, 5.41) is 11.3. The first-order chi connectivity index (χ1) is 10.2. The zero-order chi connectivity index (χ0) is 14.8. The number of amides is 3. The fourth-order valence-corrected chi connectivity index (χ4v) is 2.76. The van der Waals surface area contributed by atoms with E-state index in [2.05, 4.69) is 15.5 Å². The fraction of sp³-hybridized carbons (Fsp3) is 0.333. The van der Waals surface area contributed by atoms with Crippen molar-refractivity contribution < 1.29 is 14.0 Å². The summed E-state index contributed by atoms with van der Waals surface area (Å²) in [6, 6.07) is 3.22. The minimum Gasteiger partial charge on any atom is -0.461 e. The van der Waals surface area contributed by atoms with E-state index in [-0.39, 0.29) is 17.7 Å². The molecule has 0 aromatic carbocycles. The van der Waals surface area contributed by atoms with Gasteiger partial charge in [0.15, 0.2) is 16.7 Å². The molecule has 0 radical (unpaired) electrons. The highest BCUT2D eigenvalue weighted by Crippen LogP contribution is 2.23. The van der Waals surface area contributed by atoms with Gasteiger partial charge in [0, 0.05) is 20.1 Å². The first-order valence-corrected chi connectivity index (χ1v) is 7.29. The average molecular weight is 307 g/mol. The summed E-state index contributed by atoms with van der Waals surface area (Å²) in [4.78, 5) is 24.5. The number of aromatic nitrogens is 3. The molecular formula is C12H13N5O3S. The van der Waals surface area contributed by atoms with Gasteiger partial charge < -0.3 is 14.3 Å². The van der Waals surface area contributed by atoms with Crippen LogP contribution >= 0.6 is 11.8 Å². The molecule has 9 heteroatoms. The minimum absolute atomic E-state index is 0.136. The van der Waals surface area contributed by atoms with Gasteiger partial charge in [0.2, 0.25) is 5.91 Å². The molecule has 0 aliphatic carbocycles. The maximum atomic E-state index is 11.9. The summed E-state index contributed by atoms with van der Waals surface area (Å²) in [5.41, 5.74) is 0. The number of rotatable bonds is 4. The molecule has 3 heterocycles. The van der Waals surface area contributed by atoms with Crippen LogP contribution in [0.2, 0.25) is 0 Å². The number of furan rings is 1. The number of hydrogen-bond acceptors (Lipinski definition) is 6. The Morgan fingerprint density at radius 3 is 3.05 bits per heavy atom. The van der Waals surface area contributed by atoms with Gasteiger partial charge >= 0.3 is 6.03 Å². The molecule has 3 amide bonds. The number of carbonyl (C=O) groups excluding carboxylic acids is 2. The van der Waals surface area contributed by atoms with Gasteiger partial charge in [-0.1, -0.05) is 11.8 Å². The van der Waals surface area contributed by atoms with E-state index < -0.39 is 0 Å². The van der Waals surface area contributed by atoms with Gasteiger partial charge in [0.25, 0.3) is 0 Å². The van der Waals surface area contributed by atoms with Gasteiger partial charge in [-0.15, -0.1) is 10.2 Å². The predicted molar refractivity (Wildman–Crippen MR) is 74.5 cm³/mol. The van der Waals surface area contributed by atoms with Gasteiger partial charge in [0.05, 0.1) is 12.0 Å². The Morgan fingerprint density at radius 2 is 2.38 bits per heavy atom. The Morgan fingerprint density at radius 1 is 1.52 bits per heavy atom. The smallest absolute Gasteiger partial charge is 0.324 e. The maximum absolute atomic E-state index is 11.9. The van der Waals surface area contributed by atoms with Gasteiger partial charge in [-0.05, 0) is 12.1 Å². The van der Waals surface area contributed by atoms with Crippen molar-refractivity contribution in [2.45, 2.75) is 5.16 Å². The third kappa shape index (κ3) is 2.64.